The maximum Gasteiger partial charge on any atom is 0.359 e. The number of hydrogen-bond donors (Lipinski definition) is 2. The molecule has 11 rings (SSSR count). The van der Waals surface area contributed by atoms with E-state index < -0.39 is 135 Å². The summed E-state index contributed by atoms with van der Waals surface area (Å²) in [4.78, 5) is 162. The third-order valence-electron chi connectivity index (χ3n) is 15.8. The molecule has 0 aliphatic carbocycles. The molecule has 26 heteroatoms. The predicted octanol–water partition coefficient (Wildman–Crippen LogP) is 3.85. The number of fused-ring (bicyclic) bond motifs is 2. The lowest BCUT2D eigenvalue weighted by Gasteiger charge is -2.51. The number of benzene rings is 4. The first-order chi connectivity index (χ1) is 38.6. The van der Waals surface area contributed by atoms with Gasteiger partial charge in [-0.05, 0) is 76.2 Å². The zero-order valence-electron chi connectivity index (χ0n) is 44.3. The molecule has 0 unspecified atom stereocenters. The van der Waals surface area contributed by atoms with E-state index in [4.69, 9.17) is 28.4 Å². The van der Waals surface area contributed by atoms with Crippen molar-refractivity contribution in [3.8, 4) is 11.5 Å². The van der Waals surface area contributed by atoms with Crippen molar-refractivity contribution in [2.45, 2.75) is 76.5 Å². The van der Waals surface area contributed by atoms with E-state index >= 15 is 38.4 Å². The quantitative estimate of drug-likeness (QED) is 0.134. The molecule has 7 aliphatic rings. The third-order valence-corrected chi connectivity index (χ3v) is 15.8. The van der Waals surface area contributed by atoms with Gasteiger partial charge in [0.05, 0.1) is 66.8 Å². The van der Waals surface area contributed by atoms with Crippen LogP contribution in [0.25, 0.3) is 0 Å². The first-order valence-electron chi connectivity index (χ1n) is 25.7. The smallest absolute Gasteiger partial charge is 0.359 e. The number of carbonyl (C=O) groups excluding carboxylic acids is 10. The van der Waals surface area contributed by atoms with Gasteiger partial charge < -0.3 is 39.1 Å². The molecule has 26 nitrogen and oxygen atoms in total. The molecule has 0 bridgehead atoms. The summed E-state index contributed by atoms with van der Waals surface area (Å²) in [6.45, 7) is -0.924. The lowest BCUT2D eigenvalue weighted by molar-refractivity contribution is -0.209. The van der Waals surface area contributed by atoms with Gasteiger partial charge in [-0.2, -0.15) is 0 Å². The minimum absolute atomic E-state index is 0.113. The Bertz CT molecular complexity index is 3150. The van der Waals surface area contributed by atoms with Gasteiger partial charge in [0.1, 0.15) is 24.8 Å². The van der Waals surface area contributed by atoms with Crippen molar-refractivity contribution >= 4 is 71.2 Å². The number of carbonyl (C=O) groups is 10. The number of esters is 4. The maximum atomic E-state index is 16.3. The Morgan fingerprint density at radius 3 is 0.950 bits per heavy atom. The summed E-state index contributed by atoms with van der Waals surface area (Å²) in [6, 6.07) is 17.5. The van der Waals surface area contributed by atoms with Crippen LogP contribution in [0.1, 0.15) is 70.7 Å². The number of methoxy groups -OCH3 is 2. The summed E-state index contributed by atoms with van der Waals surface area (Å²) in [6.07, 6.45) is 0. The maximum absolute atomic E-state index is 16.3. The molecule has 4 atom stereocenters. The second kappa shape index (κ2) is 19.1. The fourth-order valence-corrected chi connectivity index (χ4v) is 12.7. The number of anilines is 2. The summed E-state index contributed by atoms with van der Waals surface area (Å²) in [5.74, 6) is -6.34. The number of nitrogens with one attached hydrogen (secondary N) is 2. The molecule has 4 aromatic carbocycles. The first-order valence-corrected chi connectivity index (χ1v) is 25.7. The third kappa shape index (κ3) is 6.51. The molecule has 80 heavy (non-hydrogen) atoms. The highest BCUT2D eigenvalue weighted by Gasteiger charge is 2.93. The van der Waals surface area contributed by atoms with E-state index in [2.05, 4.69) is 10.6 Å². The minimum Gasteiger partial charge on any atom is -0.496 e. The molecular weight excluding hydrogens is 1040 g/mol. The summed E-state index contributed by atoms with van der Waals surface area (Å²) < 4.78 is 35.0. The Morgan fingerprint density at radius 2 is 0.675 bits per heavy atom. The molecule has 5 saturated heterocycles. The molecule has 5 fully saturated rings. The number of amides is 10. The van der Waals surface area contributed by atoms with E-state index in [1.54, 1.807) is 60.7 Å². The molecular formula is C54H54N10O16. The van der Waals surface area contributed by atoms with Crippen LogP contribution in [-0.2, 0) is 64.3 Å². The van der Waals surface area contributed by atoms with Crippen LogP contribution in [0.3, 0.4) is 0 Å². The molecule has 2 N–H and O–H groups in total. The molecule has 10 amide bonds. The summed E-state index contributed by atoms with van der Waals surface area (Å²) in [7, 11) is 2.68. The zero-order valence-corrected chi connectivity index (χ0v) is 44.3. The number of ether oxygens (including phenoxy) is 6. The van der Waals surface area contributed by atoms with Gasteiger partial charge in [-0.1, -0.05) is 36.4 Å². The lowest BCUT2D eigenvalue weighted by atomic mass is 9.88. The lowest BCUT2D eigenvalue weighted by Crippen LogP contribution is -2.81. The van der Waals surface area contributed by atoms with E-state index in [9.17, 15) is 9.59 Å². The monoisotopic (exact) mass is 1100 g/mol. The standard InChI is InChI=1S/C54H54N10O16/c1-7-77-43(67)51-53(45(69)79-9-3)61-29-64-50(74)60-28-36-34(38(22-24-40(36)76-6)56-42(66)32-19-15-12-16-20-32)26-58-48(72)62(54(64,46(70)80-10-4)52(58,60)44(68)78-8-2)30-63(53)49(73)59(51)27-35-33(25-57(51)47(61)71)37(21-23-39(35)75-5)55-41(65)31-17-13-11-14-18-31/h11-24H,7-10,25-30H2,1-6H3,(H,55,65)(H,56,66)/t51-,52-,53+,54+/m0/s1. The van der Waals surface area contributed by atoms with Gasteiger partial charge in [0, 0.05) is 44.8 Å². The molecule has 0 aromatic heterocycles. The van der Waals surface area contributed by atoms with Gasteiger partial charge in [0.15, 0.2) is 0 Å². The highest BCUT2D eigenvalue weighted by Crippen LogP contribution is 2.62. The largest absolute Gasteiger partial charge is 0.496 e. The molecule has 7 aliphatic heterocycles. The van der Waals surface area contributed by atoms with Crippen molar-refractivity contribution in [3.63, 3.8) is 0 Å². The van der Waals surface area contributed by atoms with Gasteiger partial charge in [-0.3, -0.25) is 48.8 Å². The Labute approximate surface area is 456 Å². The first kappa shape index (κ1) is 52.4. The van der Waals surface area contributed by atoms with Crippen LogP contribution < -0.4 is 20.1 Å². The molecule has 416 valence electrons. The van der Waals surface area contributed by atoms with E-state index in [-0.39, 0.29) is 69.5 Å². The topological polar surface area (TPSA) is 276 Å². The number of nitrogens with zero attached hydrogens (tertiary/aromatic N) is 8. The Morgan fingerprint density at radius 1 is 0.400 bits per heavy atom. The van der Waals surface area contributed by atoms with Gasteiger partial charge in [0.2, 0.25) is 0 Å². The van der Waals surface area contributed by atoms with Crippen molar-refractivity contribution < 1.29 is 76.4 Å². The Hall–Kier alpha value is -9.62. The fourth-order valence-electron chi connectivity index (χ4n) is 12.7. The number of urea groups is 4. The number of rotatable bonds is 14. The Balaban J connectivity index is 1.17. The van der Waals surface area contributed by atoms with Gasteiger partial charge in [-0.15, -0.1) is 0 Å². The van der Waals surface area contributed by atoms with Gasteiger partial charge in [0.25, 0.3) is 34.5 Å². The van der Waals surface area contributed by atoms with Crippen molar-refractivity contribution in [2.24, 2.45) is 0 Å². The minimum atomic E-state index is -3.07. The SMILES string of the molecule is CCOC(=O)[C@@]12N3CN4C(=O)N5Cc6c(OC)ccc(NC(=O)c7ccccc7)c6CN6C(=O)N(CN1C(=O)N1Cc7c(OC)ccc(NC(=O)c8ccccc8)c7CN(C3=O)[C@@]12C(=O)OCC)[C@@]4(C(=O)OCC)[C@@]65C(=O)OCC. The van der Waals surface area contributed by atoms with Crippen LogP contribution in [-0.4, -0.2) is 176 Å². The molecule has 0 spiro atoms. The number of hydrogen-bond acceptors (Lipinski definition) is 16. The second-order valence-electron chi connectivity index (χ2n) is 19.2. The van der Waals surface area contributed by atoms with Crippen LogP contribution in [0.2, 0.25) is 0 Å². The van der Waals surface area contributed by atoms with Crippen molar-refractivity contribution in [1.29, 1.82) is 0 Å². The van der Waals surface area contributed by atoms with Crippen molar-refractivity contribution in [3.05, 3.63) is 118 Å². The highest BCUT2D eigenvalue weighted by molar-refractivity contribution is 6.13. The van der Waals surface area contributed by atoms with E-state index in [1.807, 2.05) is 0 Å². The van der Waals surface area contributed by atoms with E-state index in [0.29, 0.717) is 0 Å². The van der Waals surface area contributed by atoms with Gasteiger partial charge >= 0.3 is 48.0 Å². The van der Waals surface area contributed by atoms with Crippen LogP contribution in [0.15, 0.2) is 84.9 Å². The molecule has 4 aromatic rings. The zero-order chi connectivity index (χ0) is 56.8. The predicted molar refractivity (Wildman–Crippen MR) is 273 cm³/mol. The van der Waals surface area contributed by atoms with Crippen LogP contribution in [0.5, 0.6) is 11.5 Å². The molecule has 0 radical (unpaired) electrons. The normalized spacial score (nSPS) is 23.7. The summed E-state index contributed by atoms with van der Waals surface area (Å²) in [5.41, 5.74) is -10.6. The highest BCUT2D eigenvalue weighted by atomic mass is 16.6. The summed E-state index contributed by atoms with van der Waals surface area (Å²) in [5, 5.41) is 5.75. The van der Waals surface area contributed by atoms with Gasteiger partial charge in [-0.25, -0.2) is 38.4 Å². The summed E-state index contributed by atoms with van der Waals surface area (Å²) >= 11 is 0. The molecule has 0 saturated carbocycles. The van der Waals surface area contributed by atoms with Crippen LogP contribution in [0, 0.1) is 0 Å². The Kier molecular flexibility index (Phi) is 12.5. The fraction of sp³-hybridized carbons (Fsp3) is 0.370. The van der Waals surface area contributed by atoms with Crippen LogP contribution >= 0.6 is 0 Å². The van der Waals surface area contributed by atoms with Crippen molar-refractivity contribution in [1.82, 2.24) is 39.2 Å². The van der Waals surface area contributed by atoms with Crippen LogP contribution in [0.4, 0.5) is 30.6 Å². The van der Waals surface area contributed by atoms with Crippen molar-refractivity contribution in [2.75, 3.05) is 64.6 Å². The molecule has 7 heterocycles. The average molecular weight is 1100 g/mol. The van der Waals surface area contributed by atoms with E-state index in [0.717, 1.165) is 39.2 Å². The second-order valence-corrected chi connectivity index (χ2v) is 19.2. The van der Waals surface area contributed by atoms with E-state index in [1.165, 1.54) is 66.2 Å². The average Bonchev–Trinajstić information content (AvgIpc) is 3.90.